The van der Waals surface area contributed by atoms with E-state index in [0.29, 0.717) is 23.5 Å². The topological polar surface area (TPSA) is 66.6 Å². The van der Waals surface area contributed by atoms with E-state index in [2.05, 4.69) is 0 Å². The van der Waals surface area contributed by atoms with Crippen molar-refractivity contribution in [3.63, 3.8) is 0 Å². The van der Waals surface area contributed by atoms with Crippen LogP contribution in [0.5, 0.6) is 5.75 Å². The molecule has 0 aliphatic rings. The number of aromatic hydroxyl groups is 1. The standard InChI is InChI=1S/C16H18N2O2/c1-3-18(12-7-5-8-13(19)10-12)16(20)15-11(2)6-4-9-14(15)17/h4-10,19H,3,17H2,1-2H3. The van der Waals surface area contributed by atoms with Crippen molar-refractivity contribution in [2.75, 3.05) is 17.2 Å². The van der Waals surface area contributed by atoms with E-state index in [1.54, 1.807) is 35.2 Å². The molecule has 4 heteroatoms. The number of phenolic OH excluding ortho intramolecular Hbond substituents is 1. The molecule has 0 fully saturated rings. The van der Waals surface area contributed by atoms with Crippen LogP contribution in [-0.4, -0.2) is 17.6 Å². The van der Waals surface area contributed by atoms with Gasteiger partial charge in [0.05, 0.1) is 5.56 Å². The van der Waals surface area contributed by atoms with Crippen molar-refractivity contribution in [2.45, 2.75) is 13.8 Å². The Hall–Kier alpha value is -2.49. The maximum atomic E-state index is 12.7. The number of nitrogen functional groups attached to an aromatic ring is 1. The van der Waals surface area contributed by atoms with E-state index < -0.39 is 0 Å². The molecule has 0 bridgehead atoms. The van der Waals surface area contributed by atoms with E-state index >= 15 is 0 Å². The van der Waals surface area contributed by atoms with Crippen molar-refractivity contribution in [1.82, 2.24) is 0 Å². The molecule has 0 spiro atoms. The van der Waals surface area contributed by atoms with Crippen molar-refractivity contribution in [1.29, 1.82) is 0 Å². The van der Waals surface area contributed by atoms with Crippen LogP contribution in [0.1, 0.15) is 22.8 Å². The highest BCUT2D eigenvalue weighted by Crippen LogP contribution is 2.25. The first-order chi connectivity index (χ1) is 9.54. The normalized spacial score (nSPS) is 10.3. The van der Waals surface area contributed by atoms with E-state index in [0.717, 1.165) is 5.56 Å². The molecule has 0 radical (unpaired) electrons. The SMILES string of the molecule is CCN(C(=O)c1c(C)cccc1N)c1cccc(O)c1. The van der Waals surface area contributed by atoms with Gasteiger partial charge in [-0.15, -0.1) is 0 Å². The fourth-order valence-corrected chi connectivity index (χ4v) is 2.22. The molecule has 0 aromatic heterocycles. The van der Waals surface area contributed by atoms with Crippen LogP contribution in [-0.2, 0) is 0 Å². The molecule has 0 saturated heterocycles. The number of nitrogens with two attached hydrogens (primary N) is 1. The number of phenols is 1. The molecule has 20 heavy (non-hydrogen) atoms. The average Bonchev–Trinajstić information content (AvgIpc) is 2.39. The maximum absolute atomic E-state index is 12.7. The summed E-state index contributed by atoms with van der Waals surface area (Å²) in [4.78, 5) is 14.3. The van der Waals surface area contributed by atoms with Gasteiger partial charge in [-0.3, -0.25) is 4.79 Å². The van der Waals surface area contributed by atoms with Crippen molar-refractivity contribution in [3.8, 4) is 5.75 Å². The lowest BCUT2D eigenvalue weighted by Crippen LogP contribution is -2.31. The number of carbonyl (C=O) groups is 1. The Labute approximate surface area is 118 Å². The highest BCUT2D eigenvalue weighted by atomic mass is 16.3. The summed E-state index contributed by atoms with van der Waals surface area (Å²) in [5.41, 5.74) is 8.40. The van der Waals surface area contributed by atoms with Crippen LogP contribution in [0.25, 0.3) is 0 Å². The fourth-order valence-electron chi connectivity index (χ4n) is 2.22. The second-order valence-electron chi connectivity index (χ2n) is 4.61. The van der Waals surface area contributed by atoms with Gasteiger partial charge in [0.25, 0.3) is 5.91 Å². The van der Waals surface area contributed by atoms with Crippen molar-refractivity contribution in [3.05, 3.63) is 53.6 Å². The smallest absolute Gasteiger partial charge is 0.260 e. The van der Waals surface area contributed by atoms with E-state index in [-0.39, 0.29) is 11.7 Å². The van der Waals surface area contributed by atoms with Gasteiger partial charge in [-0.25, -0.2) is 0 Å². The highest BCUT2D eigenvalue weighted by molar-refractivity contribution is 6.10. The van der Waals surface area contributed by atoms with Crippen molar-refractivity contribution >= 4 is 17.3 Å². The lowest BCUT2D eigenvalue weighted by Gasteiger charge is -2.23. The number of anilines is 2. The molecule has 2 aromatic rings. The lowest BCUT2D eigenvalue weighted by atomic mass is 10.0. The van der Waals surface area contributed by atoms with Crippen LogP contribution in [0.3, 0.4) is 0 Å². The van der Waals surface area contributed by atoms with Crippen LogP contribution in [0.2, 0.25) is 0 Å². The molecule has 0 aliphatic heterocycles. The first-order valence-electron chi connectivity index (χ1n) is 6.50. The number of hydrogen-bond acceptors (Lipinski definition) is 3. The number of nitrogens with zero attached hydrogens (tertiary/aromatic N) is 1. The zero-order valence-corrected chi connectivity index (χ0v) is 11.6. The molecule has 3 N–H and O–H groups in total. The molecular formula is C16H18N2O2. The minimum atomic E-state index is -0.159. The zero-order valence-electron chi connectivity index (χ0n) is 11.6. The van der Waals surface area contributed by atoms with Gasteiger partial charge < -0.3 is 15.7 Å². The van der Waals surface area contributed by atoms with Crippen LogP contribution in [0.15, 0.2) is 42.5 Å². The third kappa shape index (κ3) is 2.59. The first kappa shape index (κ1) is 13.9. The van der Waals surface area contributed by atoms with Gasteiger partial charge in [0.2, 0.25) is 0 Å². The Kier molecular flexibility index (Phi) is 3.94. The molecule has 0 unspecified atom stereocenters. The Morgan fingerprint density at radius 2 is 1.95 bits per heavy atom. The predicted octanol–water partition coefficient (Wildman–Crippen LogP) is 2.95. The first-order valence-corrected chi connectivity index (χ1v) is 6.50. The monoisotopic (exact) mass is 270 g/mol. The van der Waals surface area contributed by atoms with Gasteiger partial charge in [0, 0.05) is 24.0 Å². The maximum Gasteiger partial charge on any atom is 0.260 e. The summed E-state index contributed by atoms with van der Waals surface area (Å²) in [6.45, 7) is 4.24. The fraction of sp³-hybridized carbons (Fsp3) is 0.188. The largest absolute Gasteiger partial charge is 0.508 e. The number of rotatable bonds is 3. The zero-order chi connectivity index (χ0) is 14.7. The molecule has 2 rings (SSSR count). The van der Waals surface area contributed by atoms with E-state index in [4.69, 9.17) is 5.73 Å². The lowest BCUT2D eigenvalue weighted by molar-refractivity contribution is 0.0988. The van der Waals surface area contributed by atoms with Crippen molar-refractivity contribution in [2.24, 2.45) is 0 Å². The van der Waals surface area contributed by atoms with Crippen LogP contribution >= 0.6 is 0 Å². The van der Waals surface area contributed by atoms with Gasteiger partial charge in [-0.1, -0.05) is 18.2 Å². The number of amides is 1. The third-order valence-corrected chi connectivity index (χ3v) is 3.22. The molecule has 0 atom stereocenters. The van der Waals surface area contributed by atoms with Gasteiger partial charge in [-0.2, -0.15) is 0 Å². The Balaban J connectivity index is 2.45. The molecule has 0 aliphatic carbocycles. The number of hydrogen-bond donors (Lipinski definition) is 2. The summed E-state index contributed by atoms with van der Waals surface area (Å²) in [5.74, 6) is -0.0276. The van der Waals surface area contributed by atoms with Gasteiger partial charge in [-0.05, 0) is 37.6 Å². The average molecular weight is 270 g/mol. The summed E-state index contributed by atoms with van der Waals surface area (Å²) >= 11 is 0. The summed E-state index contributed by atoms with van der Waals surface area (Å²) in [6.07, 6.45) is 0. The van der Waals surface area contributed by atoms with Crippen LogP contribution in [0.4, 0.5) is 11.4 Å². The quantitative estimate of drug-likeness (QED) is 0.843. The predicted molar refractivity (Wildman–Crippen MR) is 81.0 cm³/mol. The molecule has 0 heterocycles. The van der Waals surface area contributed by atoms with Crippen LogP contribution in [0, 0.1) is 6.92 Å². The van der Waals surface area contributed by atoms with Gasteiger partial charge in [0.1, 0.15) is 5.75 Å². The number of benzene rings is 2. The van der Waals surface area contributed by atoms with Gasteiger partial charge in [0.15, 0.2) is 0 Å². The minimum absolute atomic E-state index is 0.131. The molecule has 1 amide bonds. The Morgan fingerprint density at radius 3 is 2.55 bits per heavy atom. The third-order valence-electron chi connectivity index (χ3n) is 3.22. The van der Waals surface area contributed by atoms with Gasteiger partial charge >= 0.3 is 0 Å². The highest BCUT2D eigenvalue weighted by Gasteiger charge is 2.20. The molecule has 0 saturated carbocycles. The molecule has 4 nitrogen and oxygen atoms in total. The molecular weight excluding hydrogens is 252 g/mol. The number of aryl methyl sites for hydroxylation is 1. The van der Waals surface area contributed by atoms with E-state index in [9.17, 15) is 9.90 Å². The van der Waals surface area contributed by atoms with E-state index in [1.165, 1.54) is 0 Å². The second kappa shape index (κ2) is 5.65. The Bertz CT molecular complexity index is 618. The summed E-state index contributed by atoms with van der Waals surface area (Å²) in [5, 5.41) is 9.56. The minimum Gasteiger partial charge on any atom is -0.508 e. The number of carbonyl (C=O) groups excluding carboxylic acids is 1. The molecule has 104 valence electrons. The van der Waals surface area contributed by atoms with E-state index in [1.807, 2.05) is 26.0 Å². The Morgan fingerprint density at radius 1 is 1.25 bits per heavy atom. The summed E-state index contributed by atoms with van der Waals surface area (Å²) in [7, 11) is 0. The van der Waals surface area contributed by atoms with Crippen molar-refractivity contribution < 1.29 is 9.90 Å². The van der Waals surface area contributed by atoms with Crippen LogP contribution < -0.4 is 10.6 Å². The summed E-state index contributed by atoms with van der Waals surface area (Å²) < 4.78 is 0. The second-order valence-corrected chi connectivity index (χ2v) is 4.61. The molecule has 2 aromatic carbocycles. The summed E-state index contributed by atoms with van der Waals surface area (Å²) in [6, 6.07) is 12.0.